The molecule has 1 aromatic heterocycles. The minimum absolute atomic E-state index is 0.232. The zero-order valence-electron chi connectivity index (χ0n) is 10.5. The van der Waals surface area contributed by atoms with Gasteiger partial charge in [0.15, 0.2) is 5.13 Å². The first kappa shape index (κ1) is 14.1. The number of thiazole rings is 1. The molecule has 0 radical (unpaired) electrons. The smallest absolute Gasteiger partial charge is 0.269 e. The molecule has 3 N–H and O–H groups in total. The van der Waals surface area contributed by atoms with E-state index in [0.717, 1.165) is 9.26 Å². The monoisotopic (exact) mass is 388 g/mol. The number of carbonyl (C=O) groups excluding carboxylic acids is 1. The Bertz CT molecular complexity index is 594. The fraction of sp³-hybridized carbons (Fsp3) is 0.167. The average molecular weight is 388 g/mol. The number of amides is 1. The summed E-state index contributed by atoms with van der Waals surface area (Å²) < 4.78 is 1.11. The van der Waals surface area contributed by atoms with Crippen molar-refractivity contribution in [2.45, 2.75) is 0 Å². The second-order valence-electron chi connectivity index (χ2n) is 4.07. The number of anilines is 3. The molecule has 19 heavy (non-hydrogen) atoms. The van der Waals surface area contributed by atoms with E-state index in [0.29, 0.717) is 10.0 Å². The Labute approximate surface area is 129 Å². The molecule has 0 spiro atoms. The number of hydrogen-bond donors (Lipinski definition) is 2. The number of carbonyl (C=O) groups is 1. The van der Waals surface area contributed by atoms with Gasteiger partial charge in [-0.1, -0.05) is 11.3 Å². The fourth-order valence-electron chi connectivity index (χ4n) is 1.40. The van der Waals surface area contributed by atoms with Crippen LogP contribution < -0.4 is 16.0 Å². The van der Waals surface area contributed by atoms with E-state index < -0.39 is 0 Å². The highest BCUT2D eigenvalue weighted by atomic mass is 127. The normalized spacial score (nSPS) is 10.3. The van der Waals surface area contributed by atoms with Crippen molar-refractivity contribution in [2.24, 2.45) is 0 Å². The quantitative estimate of drug-likeness (QED) is 0.794. The van der Waals surface area contributed by atoms with E-state index in [1.54, 1.807) is 0 Å². The van der Waals surface area contributed by atoms with Crippen molar-refractivity contribution >= 4 is 56.5 Å². The highest BCUT2D eigenvalue weighted by Gasteiger charge is 2.17. The van der Waals surface area contributed by atoms with Crippen LogP contribution in [0.2, 0.25) is 0 Å². The highest BCUT2D eigenvalue weighted by molar-refractivity contribution is 14.1. The lowest BCUT2D eigenvalue weighted by atomic mass is 10.3. The van der Waals surface area contributed by atoms with Crippen LogP contribution in [-0.2, 0) is 0 Å². The predicted molar refractivity (Wildman–Crippen MR) is 88.0 cm³/mol. The van der Waals surface area contributed by atoms with Crippen LogP contribution >= 0.6 is 33.9 Å². The van der Waals surface area contributed by atoms with Crippen LogP contribution in [0.25, 0.3) is 0 Å². The third kappa shape index (κ3) is 3.35. The molecule has 1 aromatic carbocycles. The van der Waals surface area contributed by atoms with Crippen molar-refractivity contribution in [3.8, 4) is 0 Å². The molecular weight excluding hydrogens is 375 g/mol. The number of nitrogens with one attached hydrogen (secondary N) is 1. The molecule has 2 aromatic rings. The lowest BCUT2D eigenvalue weighted by Crippen LogP contribution is -2.12. The molecule has 1 heterocycles. The van der Waals surface area contributed by atoms with Gasteiger partial charge in [-0.2, -0.15) is 0 Å². The van der Waals surface area contributed by atoms with E-state index in [2.05, 4.69) is 32.9 Å². The summed E-state index contributed by atoms with van der Waals surface area (Å²) in [6.45, 7) is 0. The number of halogens is 1. The summed E-state index contributed by atoms with van der Waals surface area (Å²) in [6.07, 6.45) is 0. The second kappa shape index (κ2) is 5.74. The van der Waals surface area contributed by atoms with Crippen molar-refractivity contribution in [3.05, 3.63) is 32.7 Å². The molecule has 5 nitrogen and oxygen atoms in total. The average Bonchev–Trinajstić information content (AvgIpc) is 2.74. The molecule has 7 heteroatoms. The van der Waals surface area contributed by atoms with Gasteiger partial charge < -0.3 is 16.0 Å². The molecule has 0 aliphatic carbocycles. The highest BCUT2D eigenvalue weighted by Crippen LogP contribution is 2.27. The van der Waals surface area contributed by atoms with Crippen LogP contribution in [0.15, 0.2) is 24.3 Å². The van der Waals surface area contributed by atoms with Crippen LogP contribution in [-0.4, -0.2) is 25.0 Å². The first-order valence-corrected chi connectivity index (χ1v) is 7.37. The van der Waals surface area contributed by atoms with Gasteiger partial charge in [-0.15, -0.1) is 0 Å². The first-order chi connectivity index (χ1) is 8.97. The fourth-order valence-corrected chi connectivity index (χ4v) is 2.56. The number of nitrogen functional groups attached to an aromatic ring is 1. The summed E-state index contributed by atoms with van der Waals surface area (Å²) >= 11 is 3.49. The number of rotatable bonds is 3. The summed E-state index contributed by atoms with van der Waals surface area (Å²) in [5, 5.41) is 3.52. The molecule has 0 aliphatic rings. The lowest BCUT2D eigenvalue weighted by molar-refractivity contribution is 0.103. The minimum Gasteiger partial charge on any atom is -0.382 e. The number of benzene rings is 1. The molecule has 100 valence electrons. The van der Waals surface area contributed by atoms with Gasteiger partial charge in [0.05, 0.1) is 0 Å². The Morgan fingerprint density at radius 2 is 2.00 bits per heavy atom. The van der Waals surface area contributed by atoms with Crippen molar-refractivity contribution in [3.63, 3.8) is 0 Å². The van der Waals surface area contributed by atoms with Gasteiger partial charge in [0.2, 0.25) is 0 Å². The van der Waals surface area contributed by atoms with E-state index in [4.69, 9.17) is 5.73 Å². The molecule has 1 amide bonds. The van der Waals surface area contributed by atoms with Crippen LogP contribution in [0.5, 0.6) is 0 Å². The van der Waals surface area contributed by atoms with Gasteiger partial charge in [0.1, 0.15) is 10.7 Å². The lowest BCUT2D eigenvalue weighted by Gasteiger charge is -2.05. The third-order valence-corrected chi connectivity index (χ3v) is 4.29. The summed E-state index contributed by atoms with van der Waals surface area (Å²) in [7, 11) is 3.72. The third-order valence-electron chi connectivity index (χ3n) is 2.33. The topological polar surface area (TPSA) is 71.2 Å². The Balaban J connectivity index is 2.18. The van der Waals surface area contributed by atoms with Gasteiger partial charge in [-0.3, -0.25) is 4.79 Å². The first-order valence-electron chi connectivity index (χ1n) is 5.48. The summed E-state index contributed by atoms with van der Waals surface area (Å²) in [5.41, 5.74) is 6.51. The maximum atomic E-state index is 12.1. The number of hydrogen-bond acceptors (Lipinski definition) is 5. The number of nitrogens with zero attached hydrogens (tertiary/aromatic N) is 2. The van der Waals surface area contributed by atoms with Crippen molar-refractivity contribution < 1.29 is 4.79 Å². The van der Waals surface area contributed by atoms with Gasteiger partial charge >= 0.3 is 0 Å². The van der Waals surface area contributed by atoms with Gasteiger partial charge in [-0.25, -0.2) is 4.98 Å². The molecule has 0 bridgehead atoms. The van der Waals surface area contributed by atoms with E-state index in [9.17, 15) is 4.79 Å². The van der Waals surface area contributed by atoms with Crippen LogP contribution in [0, 0.1) is 3.57 Å². The van der Waals surface area contributed by atoms with Crippen LogP contribution in [0.1, 0.15) is 9.67 Å². The summed E-state index contributed by atoms with van der Waals surface area (Å²) in [5.74, 6) is 0.0287. The van der Waals surface area contributed by atoms with E-state index in [-0.39, 0.29) is 11.7 Å². The molecule has 0 fully saturated rings. The number of nitrogens with two attached hydrogens (primary N) is 1. The Morgan fingerprint density at radius 1 is 1.37 bits per heavy atom. The Hall–Kier alpha value is -1.35. The minimum atomic E-state index is -0.232. The van der Waals surface area contributed by atoms with E-state index in [1.807, 2.05) is 43.3 Å². The Morgan fingerprint density at radius 3 is 2.53 bits per heavy atom. The van der Waals surface area contributed by atoms with E-state index in [1.165, 1.54) is 11.3 Å². The summed E-state index contributed by atoms with van der Waals surface area (Å²) in [4.78, 5) is 18.5. The molecule has 0 saturated carbocycles. The molecular formula is C12H13IN4OS. The SMILES string of the molecule is CN(C)c1nc(N)c(C(=O)Nc2ccc(I)cc2)s1. The maximum absolute atomic E-state index is 12.1. The molecule has 2 rings (SSSR count). The van der Waals surface area contributed by atoms with Gasteiger partial charge in [0, 0.05) is 23.4 Å². The Kier molecular flexibility index (Phi) is 4.25. The number of aromatic nitrogens is 1. The largest absolute Gasteiger partial charge is 0.382 e. The van der Waals surface area contributed by atoms with Crippen molar-refractivity contribution in [1.82, 2.24) is 4.98 Å². The van der Waals surface area contributed by atoms with Crippen molar-refractivity contribution in [1.29, 1.82) is 0 Å². The van der Waals surface area contributed by atoms with Crippen LogP contribution in [0.4, 0.5) is 16.6 Å². The van der Waals surface area contributed by atoms with Crippen molar-refractivity contribution in [2.75, 3.05) is 30.0 Å². The van der Waals surface area contributed by atoms with E-state index >= 15 is 0 Å². The zero-order chi connectivity index (χ0) is 14.0. The molecule has 0 saturated heterocycles. The zero-order valence-corrected chi connectivity index (χ0v) is 13.4. The van der Waals surface area contributed by atoms with Gasteiger partial charge in [0.25, 0.3) is 5.91 Å². The molecule has 0 atom stereocenters. The maximum Gasteiger partial charge on any atom is 0.269 e. The molecule has 0 aliphatic heterocycles. The standard InChI is InChI=1S/C12H13IN4OS/c1-17(2)12-16-10(14)9(19-12)11(18)15-8-5-3-7(13)4-6-8/h3-6H,14H2,1-2H3,(H,15,18). The van der Waals surface area contributed by atoms with Gasteiger partial charge in [-0.05, 0) is 46.9 Å². The molecule has 0 unspecified atom stereocenters. The predicted octanol–water partition coefficient (Wildman–Crippen LogP) is 2.65. The summed E-state index contributed by atoms with van der Waals surface area (Å²) in [6, 6.07) is 7.56. The van der Waals surface area contributed by atoms with Crippen LogP contribution in [0.3, 0.4) is 0 Å². The second-order valence-corrected chi connectivity index (χ2v) is 6.29.